The van der Waals surface area contributed by atoms with E-state index in [-0.39, 0.29) is 12.4 Å². The Morgan fingerprint density at radius 1 is 1.00 bits per heavy atom. The van der Waals surface area contributed by atoms with Gasteiger partial charge in [-0.15, -0.1) is 12.4 Å². The molecule has 0 aliphatic carbocycles. The van der Waals surface area contributed by atoms with Gasteiger partial charge in [-0.05, 0) is 37.4 Å². The lowest BCUT2D eigenvalue weighted by molar-refractivity contribution is 0.215. The molecule has 2 aromatic carbocycles. The van der Waals surface area contributed by atoms with Gasteiger partial charge in [0, 0.05) is 46.6 Å². The van der Waals surface area contributed by atoms with Crippen LogP contribution in [0.25, 0.3) is 0 Å². The van der Waals surface area contributed by atoms with Crippen LogP contribution in [0.4, 0.5) is 5.69 Å². The second kappa shape index (κ2) is 7.36. The Morgan fingerprint density at radius 2 is 1.75 bits per heavy atom. The fourth-order valence-electron chi connectivity index (χ4n) is 2.95. The fraction of sp³-hybridized carbons (Fsp3) is 0.278. The first-order valence-corrected chi connectivity index (χ1v) is 8.99. The van der Waals surface area contributed by atoms with E-state index in [0.717, 1.165) is 48.3 Å². The number of aliphatic imine (C=N–C) groups is 1. The first-order valence-electron chi connectivity index (χ1n) is 7.80. The molecule has 6 heteroatoms. The topological polar surface area (TPSA) is 18.8 Å². The number of rotatable bonds is 0. The zero-order valence-corrected chi connectivity index (χ0v) is 15.8. The highest BCUT2D eigenvalue weighted by Crippen LogP contribution is 2.41. The predicted molar refractivity (Wildman–Crippen MR) is 105 cm³/mol. The summed E-state index contributed by atoms with van der Waals surface area (Å²) in [6.07, 6.45) is 0. The molecular formula is C18H19Cl2N3S. The van der Waals surface area contributed by atoms with E-state index in [2.05, 4.69) is 41.1 Å². The zero-order chi connectivity index (χ0) is 15.8. The van der Waals surface area contributed by atoms with Gasteiger partial charge in [0.2, 0.25) is 0 Å². The van der Waals surface area contributed by atoms with E-state index >= 15 is 0 Å². The van der Waals surface area contributed by atoms with Crippen molar-refractivity contribution in [3.05, 3.63) is 53.1 Å². The van der Waals surface area contributed by atoms with E-state index in [4.69, 9.17) is 16.6 Å². The van der Waals surface area contributed by atoms with E-state index in [1.807, 2.05) is 18.2 Å². The summed E-state index contributed by atoms with van der Waals surface area (Å²) in [6.45, 7) is 4.11. The van der Waals surface area contributed by atoms with Crippen molar-refractivity contribution in [3.8, 4) is 0 Å². The largest absolute Gasteiger partial charge is 0.354 e. The maximum absolute atomic E-state index is 6.28. The molecule has 3 nitrogen and oxygen atoms in total. The highest BCUT2D eigenvalue weighted by Gasteiger charge is 2.24. The minimum atomic E-state index is 0. The molecule has 0 radical (unpaired) electrons. The summed E-state index contributed by atoms with van der Waals surface area (Å²) in [4.78, 5) is 12.2. The number of fused-ring (bicyclic) bond motifs is 2. The van der Waals surface area contributed by atoms with Crippen LogP contribution in [0.3, 0.4) is 0 Å². The second-order valence-electron chi connectivity index (χ2n) is 5.94. The smallest absolute Gasteiger partial charge is 0.137 e. The van der Waals surface area contributed by atoms with Crippen LogP contribution in [0.2, 0.25) is 5.02 Å². The van der Waals surface area contributed by atoms with E-state index in [1.165, 1.54) is 9.79 Å². The van der Waals surface area contributed by atoms with Crippen molar-refractivity contribution < 1.29 is 0 Å². The van der Waals surface area contributed by atoms with Crippen LogP contribution in [0.5, 0.6) is 0 Å². The number of likely N-dealkylation sites (N-methyl/N-ethyl adjacent to an activating group) is 1. The van der Waals surface area contributed by atoms with E-state index in [9.17, 15) is 0 Å². The predicted octanol–water partition coefficient (Wildman–Crippen LogP) is 4.55. The van der Waals surface area contributed by atoms with E-state index < -0.39 is 0 Å². The molecule has 0 N–H and O–H groups in total. The second-order valence-corrected chi connectivity index (χ2v) is 7.46. The van der Waals surface area contributed by atoms with Crippen LogP contribution in [0.1, 0.15) is 5.56 Å². The Labute approximate surface area is 158 Å². The van der Waals surface area contributed by atoms with Gasteiger partial charge in [0.15, 0.2) is 0 Å². The van der Waals surface area contributed by atoms with Crippen molar-refractivity contribution in [2.24, 2.45) is 4.99 Å². The monoisotopic (exact) mass is 379 g/mol. The number of benzene rings is 2. The number of para-hydroxylation sites is 1. The number of amidine groups is 1. The molecule has 126 valence electrons. The lowest BCUT2D eigenvalue weighted by Crippen LogP contribution is -2.47. The molecule has 0 unspecified atom stereocenters. The van der Waals surface area contributed by atoms with Crippen molar-refractivity contribution in [3.63, 3.8) is 0 Å². The number of halogens is 2. The Bertz CT molecular complexity index is 771. The average molecular weight is 380 g/mol. The van der Waals surface area contributed by atoms with Gasteiger partial charge in [-0.3, -0.25) is 0 Å². The minimum absolute atomic E-state index is 0. The molecule has 2 aliphatic heterocycles. The molecular weight excluding hydrogens is 361 g/mol. The quantitative estimate of drug-likeness (QED) is 0.668. The fourth-order valence-corrected chi connectivity index (χ4v) is 4.12. The van der Waals surface area contributed by atoms with Crippen molar-refractivity contribution in [2.45, 2.75) is 9.79 Å². The first-order chi connectivity index (χ1) is 11.2. The molecule has 1 saturated heterocycles. The number of hydrogen-bond donors (Lipinski definition) is 0. The lowest BCUT2D eigenvalue weighted by atomic mass is 10.1. The van der Waals surface area contributed by atoms with Crippen molar-refractivity contribution in [1.29, 1.82) is 0 Å². The van der Waals surface area contributed by atoms with Crippen LogP contribution >= 0.6 is 35.8 Å². The van der Waals surface area contributed by atoms with Gasteiger partial charge < -0.3 is 9.80 Å². The summed E-state index contributed by atoms with van der Waals surface area (Å²) >= 11 is 8.05. The van der Waals surface area contributed by atoms with E-state index in [1.54, 1.807) is 11.8 Å². The third-order valence-corrected chi connectivity index (χ3v) is 5.67. The van der Waals surface area contributed by atoms with Crippen LogP contribution < -0.4 is 0 Å². The SMILES string of the molecule is CN1CCN(C2=Nc3ccccc3Sc3ccc(Cl)cc32)CC1.Cl. The molecule has 0 bridgehead atoms. The van der Waals surface area contributed by atoms with Crippen LogP contribution in [0, 0.1) is 0 Å². The molecule has 2 heterocycles. The van der Waals surface area contributed by atoms with E-state index in [0.29, 0.717) is 0 Å². The first kappa shape index (κ1) is 17.6. The molecule has 0 amide bonds. The van der Waals surface area contributed by atoms with Crippen LogP contribution in [-0.2, 0) is 0 Å². The molecule has 1 fully saturated rings. The summed E-state index contributed by atoms with van der Waals surface area (Å²) in [6, 6.07) is 14.5. The van der Waals surface area contributed by atoms with Crippen molar-refractivity contribution >= 4 is 47.3 Å². The molecule has 0 saturated carbocycles. The van der Waals surface area contributed by atoms with Gasteiger partial charge in [-0.25, -0.2) is 4.99 Å². The molecule has 4 rings (SSSR count). The van der Waals surface area contributed by atoms with Crippen LogP contribution in [-0.4, -0.2) is 48.9 Å². The van der Waals surface area contributed by atoms with Crippen LogP contribution in [0.15, 0.2) is 57.2 Å². The molecule has 0 atom stereocenters. The number of piperazine rings is 1. The lowest BCUT2D eigenvalue weighted by Gasteiger charge is -2.34. The number of hydrogen-bond acceptors (Lipinski definition) is 4. The molecule has 0 aromatic heterocycles. The average Bonchev–Trinajstić information content (AvgIpc) is 2.72. The maximum Gasteiger partial charge on any atom is 0.137 e. The van der Waals surface area contributed by atoms with Gasteiger partial charge >= 0.3 is 0 Å². The Hall–Kier alpha value is -1.20. The molecule has 2 aliphatic rings. The minimum Gasteiger partial charge on any atom is -0.354 e. The maximum atomic E-state index is 6.28. The normalized spacial score (nSPS) is 17.2. The summed E-state index contributed by atoms with van der Waals surface area (Å²) < 4.78 is 0. The molecule has 0 spiro atoms. The number of nitrogens with zero attached hydrogens (tertiary/aromatic N) is 3. The molecule has 2 aromatic rings. The highest BCUT2D eigenvalue weighted by atomic mass is 35.5. The van der Waals surface area contributed by atoms with Gasteiger partial charge in [0.25, 0.3) is 0 Å². The zero-order valence-electron chi connectivity index (χ0n) is 13.4. The van der Waals surface area contributed by atoms with Crippen molar-refractivity contribution in [2.75, 3.05) is 33.2 Å². The summed E-state index contributed by atoms with van der Waals surface area (Å²) in [5.41, 5.74) is 2.18. The standard InChI is InChI=1S/C18H18ClN3S.ClH/c1-21-8-10-22(11-9-21)18-14-12-13(19)6-7-16(14)23-17-5-3-2-4-15(17)20-18;/h2-7,12H,8-11H2,1H3;1H. The Morgan fingerprint density at radius 3 is 2.54 bits per heavy atom. The summed E-state index contributed by atoms with van der Waals surface area (Å²) in [5, 5.41) is 0.761. The third-order valence-electron chi connectivity index (χ3n) is 4.30. The summed E-state index contributed by atoms with van der Waals surface area (Å²) in [7, 11) is 2.17. The van der Waals surface area contributed by atoms with Gasteiger partial charge in [0.05, 0.1) is 5.69 Å². The Balaban J connectivity index is 0.00000169. The third kappa shape index (κ3) is 3.42. The molecule has 24 heavy (non-hydrogen) atoms. The van der Waals surface area contributed by atoms with Crippen molar-refractivity contribution in [1.82, 2.24) is 9.80 Å². The van der Waals surface area contributed by atoms with Gasteiger partial charge in [0.1, 0.15) is 5.84 Å². The van der Waals surface area contributed by atoms with Gasteiger partial charge in [-0.2, -0.15) is 0 Å². The van der Waals surface area contributed by atoms with Gasteiger partial charge in [-0.1, -0.05) is 35.5 Å². The Kier molecular flexibility index (Phi) is 5.40. The highest BCUT2D eigenvalue weighted by molar-refractivity contribution is 7.99. The summed E-state index contributed by atoms with van der Waals surface area (Å²) in [5.74, 6) is 1.05.